The van der Waals surface area contributed by atoms with Crippen LogP contribution in [0.4, 0.5) is 0 Å². The highest BCUT2D eigenvalue weighted by Crippen LogP contribution is 2.09. The quantitative estimate of drug-likeness (QED) is 0.527. The average molecular weight is 286 g/mol. The number of carboxylic acid groups (broad SMARTS) is 1. The molecular formula is C14H26N2O4. The second-order valence-electron chi connectivity index (χ2n) is 5.06. The maximum atomic E-state index is 11.7. The summed E-state index contributed by atoms with van der Waals surface area (Å²) in [6.07, 6.45) is 3.36. The summed E-state index contributed by atoms with van der Waals surface area (Å²) < 4.78 is 0. The minimum atomic E-state index is -0.988. The van der Waals surface area contributed by atoms with Crippen LogP contribution in [0.5, 0.6) is 0 Å². The number of carbonyl (C=O) groups is 3. The van der Waals surface area contributed by atoms with E-state index >= 15 is 0 Å². The van der Waals surface area contributed by atoms with Gasteiger partial charge in [-0.15, -0.1) is 0 Å². The van der Waals surface area contributed by atoms with Gasteiger partial charge in [0, 0.05) is 19.9 Å². The van der Waals surface area contributed by atoms with Crippen LogP contribution in [0, 0.1) is 5.92 Å². The van der Waals surface area contributed by atoms with Gasteiger partial charge in [0.25, 0.3) is 0 Å². The largest absolute Gasteiger partial charge is 0.480 e. The Morgan fingerprint density at radius 3 is 2.30 bits per heavy atom. The maximum absolute atomic E-state index is 11.7. The molecule has 0 aliphatic carbocycles. The zero-order chi connectivity index (χ0) is 15.5. The van der Waals surface area contributed by atoms with E-state index in [2.05, 4.69) is 10.6 Å². The third-order valence-corrected chi connectivity index (χ3v) is 3.25. The van der Waals surface area contributed by atoms with Crippen molar-refractivity contribution >= 4 is 17.8 Å². The zero-order valence-electron chi connectivity index (χ0n) is 12.6. The van der Waals surface area contributed by atoms with E-state index in [1.807, 2.05) is 13.8 Å². The summed E-state index contributed by atoms with van der Waals surface area (Å²) >= 11 is 0. The van der Waals surface area contributed by atoms with Crippen LogP contribution in [-0.4, -0.2) is 35.5 Å². The van der Waals surface area contributed by atoms with Crippen LogP contribution in [0.15, 0.2) is 0 Å². The SMILES string of the molecule is CCC(C)[C@H](NC(=O)CCCCCNC(C)=O)C(=O)O. The van der Waals surface area contributed by atoms with Gasteiger partial charge in [0.1, 0.15) is 6.04 Å². The van der Waals surface area contributed by atoms with Gasteiger partial charge < -0.3 is 15.7 Å². The number of amides is 2. The van der Waals surface area contributed by atoms with Gasteiger partial charge in [-0.1, -0.05) is 26.7 Å². The molecule has 6 nitrogen and oxygen atoms in total. The highest BCUT2D eigenvalue weighted by Gasteiger charge is 2.24. The van der Waals surface area contributed by atoms with Crippen LogP contribution < -0.4 is 10.6 Å². The number of hydrogen-bond acceptors (Lipinski definition) is 3. The molecule has 0 spiro atoms. The molecule has 0 bridgehead atoms. The minimum absolute atomic E-state index is 0.0550. The highest BCUT2D eigenvalue weighted by atomic mass is 16.4. The molecule has 0 aromatic heterocycles. The first-order valence-electron chi connectivity index (χ1n) is 7.15. The Hall–Kier alpha value is -1.59. The van der Waals surface area contributed by atoms with E-state index < -0.39 is 12.0 Å². The number of carboxylic acids is 1. The predicted molar refractivity (Wildman–Crippen MR) is 76.2 cm³/mol. The van der Waals surface area contributed by atoms with Gasteiger partial charge in [-0.05, 0) is 18.8 Å². The Balaban J connectivity index is 3.86. The van der Waals surface area contributed by atoms with Gasteiger partial charge in [-0.3, -0.25) is 9.59 Å². The van der Waals surface area contributed by atoms with Gasteiger partial charge in [0.2, 0.25) is 11.8 Å². The molecule has 2 atom stereocenters. The van der Waals surface area contributed by atoms with Crippen LogP contribution in [0.2, 0.25) is 0 Å². The molecule has 0 radical (unpaired) electrons. The van der Waals surface area contributed by atoms with E-state index in [1.54, 1.807) is 0 Å². The van der Waals surface area contributed by atoms with Gasteiger partial charge in [0.05, 0.1) is 0 Å². The van der Waals surface area contributed by atoms with E-state index in [9.17, 15) is 14.4 Å². The molecule has 116 valence electrons. The van der Waals surface area contributed by atoms with Crippen molar-refractivity contribution < 1.29 is 19.5 Å². The normalized spacial score (nSPS) is 13.3. The summed E-state index contributed by atoms with van der Waals surface area (Å²) in [7, 11) is 0. The molecule has 0 rings (SSSR count). The second kappa shape index (κ2) is 10.2. The molecule has 3 N–H and O–H groups in total. The summed E-state index contributed by atoms with van der Waals surface area (Å²) in [5.74, 6) is -1.35. The molecule has 0 aromatic carbocycles. The predicted octanol–water partition coefficient (Wildman–Crippen LogP) is 1.30. The average Bonchev–Trinajstić information content (AvgIpc) is 2.38. The monoisotopic (exact) mass is 286 g/mol. The first-order chi connectivity index (χ1) is 9.38. The smallest absolute Gasteiger partial charge is 0.326 e. The lowest BCUT2D eigenvalue weighted by molar-refractivity contribution is -0.143. The second-order valence-corrected chi connectivity index (χ2v) is 5.06. The Kier molecular flexibility index (Phi) is 9.41. The fraction of sp³-hybridized carbons (Fsp3) is 0.786. The third kappa shape index (κ3) is 8.50. The van der Waals surface area contributed by atoms with Crippen molar-refractivity contribution in [1.82, 2.24) is 10.6 Å². The van der Waals surface area contributed by atoms with Crippen molar-refractivity contribution in [2.24, 2.45) is 5.92 Å². The Labute approximate surface area is 120 Å². The summed E-state index contributed by atoms with van der Waals surface area (Å²) in [4.78, 5) is 33.4. The number of unbranched alkanes of at least 4 members (excludes halogenated alkanes) is 2. The first-order valence-corrected chi connectivity index (χ1v) is 7.15. The standard InChI is InChI=1S/C14H26N2O4/c1-4-10(2)13(14(19)20)16-12(18)8-6-5-7-9-15-11(3)17/h10,13H,4-9H2,1-3H3,(H,15,17)(H,16,18)(H,19,20)/t10?,13-/m0/s1. The third-order valence-electron chi connectivity index (χ3n) is 3.25. The van der Waals surface area contributed by atoms with Crippen molar-refractivity contribution in [3.63, 3.8) is 0 Å². The van der Waals surface area contributed by atoms with Crippen LogP contribution in [0.1, 0.15) is 52.9 Å². The molecule has 0 saturated carbocycles. The minimum Gasteiger partial charge on any atom is -0.480 e. The van der Waals surface area contributed by atoms with Crippen molar-refractivity contribution in [2.75, 3.05) is 6.54 Å². The number of carbonyl (C=O) groups excluding carboxylic acids is 2. The lowest BCUT2D eigenvalue weighted by Crippen LogP contribution is -2.44. The molecule has 0 aromatic rings. The lowest BCUT2D eigenvalue weighted by Gasteiger charge is -2.20. The molecule has 2 amide bonds. The van der Waals surface area contributed by atoms with Gasteiger partial charge in [-0.25, -0.2) is 4.79 Å². The molecule has 0 aliphatic heterocycles. The van der Waals surface area contributed by atoms with E-state index in [0.29, 0.717) is 25.8 Å². The Morgan fingerprint density at radius 2 is 1.80 bits per heavy atom. The molecule has 1 unspecified atom stereocenters. The van der Waals surface area contributed by atoms with E-state index in [4.69, 9.17) is 5.11 Å². The van der Waals surface area contributed by atoms with Crippen LogP contribution >= 0.6 is 0 Å². The topological polar surface area (TPSA) is 95.5 Å². The van der Waals surface area contributed by atoms with Crippen molar-refractivity contribution in [3.8, 4) is 0 Å². The molecule has 0 aliphatic rings. The molecule has 0 saturated heterocycles. The molecule has 0 fully saturated rings. The summed E-state index contributed by atoms with van der Waals surface area (Å²) in [5.41, 5.74) is 0. The van der Waals surface area contributed by atoms with E-state index in [0.717, 1.165) is 12.8 Å². The fourth-order valence-electron chi connectivity index (χ4n) is 1.78. The first kappa shape index (κ1) is 18.4. The molecule has 0 heterocycles. The number of rotatable bonds is 10. The molecule has 20 heavy (non-hydrogen) atoms. The molecular weight excluding hydrogens is 260 g/mol. The summed E-state index contributed by atoms with van der Waals surface area (Å²) in [5, 5.41) is 14.3. The molecule has 6 heteroatoms. The van der Waals surface area contributed by atoms with Crippen LogP contribution in [0.25, 0.3) is 0 Å². The number of aliphatic carboxylic acids is 1. The van der Waals surface area contributed by atoms with Gasteiger partial charge in [0.15, 0.2) is 0 Å². The summed E-state index contributed by atoms with van der Waals surface area (Å²) in [6.45, 7) is 5.79. The van der Waals surface area contributed by atoms with Crippen LogP contribution in [0.3, 0.4) is 0 Å². The van der Waals surface area contributed by atoms with Crippen LogP contribution in [-0.2, 0) is 14.4 Å². The zero-order valence-corrected chi connectivity index (χ0v) is 12.6. The lowest BCUT2D eigenvalue weighted by atomic mass is 9.99. The van der Waals surface area contributed by atoms with Gasteiger partial charge in [-0.2, -0.15) is 0 Å². The van der Waals surface area contributed by atoms with Crippen molar-refractivity contribution in [3.05, 3.63) is 0 Å². The number of hydrogen-bond donors (Lipinski definition) is 3. The van der Waals surface area contributed by atoms with E-state index in [-0.39, 0.29) is 17.7 Å². The Bertz CT molecular complexity index is 331. The maximum Gasteiger partial charge on any atom is 0.326 e. The Morgan fingerprint density at radius 1 is 1.15 bits per heavy atom. The van der Waals surface area contributed by atoms with E-state index in [1.165, 1.54) is 6.92 Å². The highest BCUT2D eigenvalue weighted by molar-refractivity contribution is 5.83. The number of nitrogens with one attached hydrogen (secondary N) is 2. The van der Waals surface area contributed by atoms with Crippen molar-refractivity contribution in [1.29, 1.82) is 0 Å². The van der Waals surface area contributed by atoms with Crippen molar-refractivity contribution in [2.45, 2.75) is 58.9 Å². The summed E-state index contributed by atoms with van der Waals surface area (Å²) in [6, 6.07) is -0.813. The van der Waals surface area contributed by atoms with Gasteiger partial charge >= 0.3 is 5.97 Å². The fourth-order valence-corrected chi connectivity index (χ4v) is 1.78.